The maximum Gasteiger partial charge on any atom is 0.273 e. The molecular weight excluding hydrogens is 527 g/mol. The SMILES string of the molecule is O=S(=O)(c1cccs1)N1CCN(c2ccc(C(O)(CF)C(F)F)cc2)[C@@H](Cn2ccc3nccnc32)C1. The van der Waals surface area contributed by atoms with Gasteiger partial charge in [-0.25, -0.2) is 26.6 Å². The number of hydrogen-bond acceptors (Lipinski definition) is 7. The van der Waals surface area contributed by atoms with Crippen molar-refractivity contribution in [2.24, 2.45) is 0 Å². The Labute approximate surface area is 215 Å². The average molecular weight is 552 g/mol. The van der Waals surface area contributed by atoms with Gasteiger partial charge in [-0.15, -0.1) is 11.3 Å². The molecule has 1 aliphatic rings. The Morgan fingerprint density at radius 1 is 1.11 bits per heavy atom. The van der Waals surface area contributed by atoms with Gasteiger partial charge in [0.05, 0.1) is 6.04 Å². The quantitative estimate of drug-likeness (QED) is 0.361. The lowest BCUT2D eigenvalue weighted by atomic mass is 9.95. The van der Waals surface area contributed by atoms with Gasteiger partial charge in [0.15, 0.2) is 11.2 Å². The van der Waals surface area contributed by atoms with Crippen molar-refractivity contribution in [3.63, 3.8) is 0 Å². The normalized spacial score (nSPS) is 18.9. The van der Waals surface area contributed by atoms with E-state index in [1.165, 1.54) is 16.4 Å². The highest BCUT2D eigenvalue weighted by Crippen LogP contribution is 2.32. The average Bonchev–Trinajstić information content (AvgIpc) is 3.60. The third-order valence-corrected chi connectivity index (χ3v) is 9.83. The van der Waals surface area contributed by atoms with Gasteiger partial charge in [0.1, 0.15) is 16.4 Å². The van der Waals surface area contributed by atoms with E-state index in [9.17, 15) is 26.7 Å². The monoisotopic (exact) mass is 551 g/mol. The lowest BCUT2D eigenvalue weighted by Gasteiger charge is -2.42. The minimum absolute atomic E-state index is 0.174. The first-order valence-electron chi connectivity index (χ1n) is 11.5. The highest BCUT2D eigenvalue weighted by Gasteiger charge is 2.40. The van der Waals surface area contributed by atoms with E-state index in [4.69, 9.17) is 0 Å². The molecule has 0 spiro atoms. The van der Waals surface area contributed by atoms with Crippen LogP contribution in [-0.2, 0) is 22.2 Å². The van der Waals surface area contributed by atoms with Gasteiger partial charge in [0.2, 0.25) is 0 Å². The molecule has 0 radical (unpaired) electrons. The first-order chi connectivity index (χ1) is 17.7. The van der Waals surface area contributed by atoms with Crippen molar-refractivity contribution in [1.82, 2.24) is 18.8 Å². The van der Waals surface area contributed by atoms with Crippen molar-refractivity contribution in [3.05, 3.63) is 72.0 Å². The third kappa shape index (κ3) is 4.72. The number of piperazine rings is 1. The van der Waals surface area contributed by atoms with E-state index in [1.807, 2.05) is 21.7 Å². The van der Waals surface area contributed by atoms with Crippen molar-refractivity contribution >= 4 is 38.2 Å². The molecule has 8 nitrogen and oxygen atoms in total. The van der Waals surface area contributed by atoms with Crippen LogP contribution in [-0.4, -0.2) is 71.1 Å². The molecule has 1 unspecified atom stereocenters. The highest BCUT2D eigenvalue weighted by atomic mass is 32.2. The topological polar surface area (TPSA) is 91.6 Å². The van der Waals surface area contributed by atoms with E-state index >= 15 is 0 Å². The van der Waals surface area contributed by atoms with Crippen molar-refractivity contribution in [2.75, 3.05) is 31.2 Å². The Morgan fingerprint density at radius 3 is 2.54 bits per heavy atom. The van der Waals surface area contributed by atoms with Gasteiger partial charge >= 0.3 is 0 Å². The molecule has 1 N–H and O–H groups in total. The Morgan fingerprint density at radius 2 is 1.86 bits per heavy atom. The van der Waals surface area contributed by atoms with Gasteiger partial charge in [-0.1, -0.05) is 18.2 Å². The summed E-state index contributed by atoms with van der Waals surface area (Å²) in [5.41, 5.74) is -1.11. The molecule has 3 aromatic heterocycles. The Balaban J connectivity index is 1.47. The van der Waals surface area contributed by atoms with Crippen molar-refractivity contribution < 1.29 is 26.7 Å². The fourth-order valence-electron chi connectivity index (χ4n) is 4.57. The van der Waals surface area contributed by atoms with Crippen LogP contribution in [0.2, 0.25) is 0 Å². The summed E-state index contributed by atoms with van der Waals surface area (Å²) in [6.45, 7) is -0.509. The fourth-order valence-corrected chi connectivity index (χ4v) is 7.18. The molecule has 1 aliphatic heterocycles. The Bertz CT molecular complexity index is 1460. The van der Waals surface area contributed by atoms with Crippen molar-refractivity contribution in [2.45, 2.75) is 28.8 Å². The summed E-state index contributed by atoms with van der Waals surface area (Å²) >= 11 is 1.16. The molecule has 13 heteroatoms. The van der Waals surface area contributed by atoms with E-state index in [1.54, 1.807) is 42.0 Å². The number of nitrogens with zero attached hydrogens (tertiary/aromatic N) is 5. The zero-order chi connectivity index (χ0) is 26.2. The smallest absolute Gasteiger partial charge is 0.273 e. The molecule has 2 atom stereocenters. The molecule has 0 amide bonds. The van der Waals surface area contributed by atoms with Crippen LogP contribution in [0, 0.1) is 0 Å². The van der Waals surface area contributed by atoms with Crippen LogP contribution < -0.4 is 4.90 Å². The fraction of sp³-hybridized carbons (Fsp3) is 0.333. The summed E-state index contributed by atoms with van der Waals surface area (Å²) < 4.78 is 70.1. The molecule has 196 valence electrons. The van der Waals surface area contributed by atoms with Crippen LogP contribution in [0.3, 0.4) is 0 Å². The van der Waals surface area contributed by atoms with Crippen LogP contribution in [0.25, 0.3) is 11.2 Å². The number of anilines is 1. The summed E-state index contributed by atoms with van der Waals surface area (Å²) in [5.74, 6) is 0. The second-order valence-electron chi connectivity index (χ2n) is 8.78. The van der Waals surface area contributed by atoms with Gasteiger partial charge in [-0.2, -0.15) is 4.31 Å². The number of benzene rings is 1. The predicted octanol–water partition coefficient (Wildman–Crippen LogP) is 3.49. The summed E-state index contributed by atoms with van der Waals surface area (Å²) in [4.78, 5) is 10.7. The third-order valence-electron chi connectivity index (χ3n) is 6.60. The lowest BCUT2D eigenvalue weighted by Crippen LogP contribution is -2.56. The standard InChI is InChI=1S/C24H24F3N5O3S2/c25-16-24(33,23(26)27)17-3-5-18(6-4-17)32-12-11-31(37(34,35)21-2-1-13-36-21)15-19(32)14-30-10-7-20-22(30)29-9-8-28-20/h1-10,13,19,23,33H,11-12,14-16H2/t19-,24?/m0/s1. The predicted molar refractivity (Wildman–Crippen MR) is 134 cm³/mol. The second-order valence-corrected chi connectivity index (χ2v) is 11.9. The number of alkyl halides is 3. The van der Waals surface area contributed by atoms with Crippen LogP contribution in [0.5, 0.6) is 0 Å². The number of halogens is 3. The molecule has 0 saturated carbocycles. The summed E-state index contributed by atoms with van der Waals surface area (Å²) in [7, 11) is -3.69. The molecule has 4 heterocycles. The van der Waals surface area contributed by atoms with E-state index in [0.29, 0.717) is 29.9 Å². The van der Waals surface area contributed by atoms with E-state index in [0.717, 1.165) is 11.3 Å². The van der Waals surface area contributed by atoms with Crippen molar-refractivity contribution in [3.8, 4) is 0 Å². The molecule has 5 rings (SSSR count). The summed E-state index contributed by atoms with van der Waals surface area (Å²) in [6, 6.07) is 10.4. The molecule has 0 bridgehead atoms. The Hall–Kier alpha value is -3.00. The van der Waals surface area contributed by atoms with Crippen LogP contribution >= 0.6 is 11.3 Å². The molecule has 0 aliphatic carbocycles. The minimum Gasteiger partial charge on any atom is -0.377 e. The maximum absolute atomic E-state index is 13.3. The maximum atomic E-state index is 13.3. The molecule has 1 saturated heterocycles. The molecule has 1 aromatic carbocycles. The van der Waals surface area contributed by atoms with E-state index in [2.05, 4.69) is 9.97 Å². The van der Waals surface area contributed by atoms with Gasteiger partial charge < -0.3 is 14.6 Å². The summed E-state index contributed by atoms with van der Waals surface area (Å²) in [5, 5.41) is 11.8. The van der Waals surface area contributed by atoms with Crippen LogP contribution in [0.15, 0.2) is 70.6 Å². The van der Waals surface area contributed by atoms with E-state index in [-0.39, 0.29) is 28.9 Å². The number of aromatic nitrogens is 3. The number of hydrogen-bond donors (Lipinski definition) is 1. The minimum atomic E-state index is -3.69. The first kappa shape index (κ1) is 25.6. The van der Waals surface area contributed by atoms with Crippen molar-refractivity contribution in [1.29, 1.82) is 0 Å². The Kier molecular flexibility index (Phi) is 6.96. The first-order valence-corrected chi connectivity index (χ1v) is 13.8. The molecule has 4 aromatic rings. The zero-order valence-electron chi connectivity index (χ0n) is 19.5. The number of thiophene rings is 1. The van der Waals surface area contributed by atoms with Gasteiger partial charge in [-0.05, 0) is 35.2 Å². The zero-order valence-corrected chi connectivity index (χ0v) is 21.1. The number of rotatable bonds is 8. The lowest BCUT2D eigenvalue weighted by molar-refractivity contribution is -0.114. The second kappa shape index (κ2) is 10.0. The van der Waals surface area contributed by atoms with E-state index < -0.39 is 28.7 Å². The summed E-state index contributed by atoms with van der Waals surface area (Å²) in [6.07, 6.45) is 1.72. The molecular formula is C24H24F3N5O3S2. The number of aliphatic hydroxyl groups is 1. The van der Waals surface area contributed by atoms with Gasteiger partial charge in [0.25, 0.3) is 16.4 Å². The van der Waals surface area contributed by atoms with Gasteiger partial charge in [-0.3, -0.25) is 4.98 Å². The largest absolute Gasteiger partial charge is 0.377 e. The van der Waals surface area contributed by atoms with Gasteiger partial charge in [0, 0.05) is 50.5 Å². The number of sulfonamides is 1. The highest BCUT2D eigenvalue weighted by molar-refractivity contribution is 7.91. The molecule has 1 fully saturated rings. The number of fused-ring (bicyclic) bond motifs is 1. The molecule has 37 heavy (non-hydrogen) atoms. The van der Waals surface area contributed by atoms with Crippen LogP contribution in [0.1, 0.15) is 5.56 Å². The van der Waals surface area contributed by atoms with Crippen LogP contribution in [0.4, 0.5) is 18.9 Å².